The number of imidazole rings is 2. The Kier molecular flexibility index (Phi) is 10.1. The van der Waals surface area contributed by atoms with Gasteiger partial charge in [-0.2, -0.15) is 0 Å². The lowest BCUT2D eigenvalue weighted by Crippen LogP contribution is -2.35. The largest absolute Gasteiger partial charge is 0.481 e. The molecule has 4 N–H and O–H groups in total. The Bertz CT molecular complexity index is 2280. The lowest BCUT2D eigenvalue weighted by atomic mass is 10.1. The summed E-state index contributed by atoms with van der Waals surface area (Å²) in [5.74, 6) is 1.32. The number of halogens is 2. The number of anilines is 2. The number of nitrogens with zero attached hydrogens (tertiary/aromatic N) is 7. The first-order valence-electron chi connectivity index (χ1n) is 17.8. The SMILES string of the molecule is COc1nc(-c2ccnc(-c3cccc(NC(=O)c4nc5c(n4C)CCN(Cc4cn6c(n4)NCC=C6)C5)c3Cl)c2Cl)ccc1CNC[C@@H]1CCC(=O)N1. The number of amides is 2. The van der Waals surface area contributed by atoms with Crippen molar-refractivity contribution in [3.63, 3.8) is 0 Å². The Morgan fingerprint density at radius 3 is 2.78 bits per heavy atom. The summed E-state index contributed by atoms with van der Waals surface area (Å²) in [5, 5.41) is 13.2. The lowest BCUT2D eigenvalue weighted by molar-refractivity contribution is -0.119. The fourth-order valence-corrected chi connectivity index (χ4v) is 7.76. The summed E-state index contributed by atoms with van der Waals surface area (Å²) in [4.78, 5) is 46.3. The van der Waals surface area contributed by atoms with Crippen LogP contribution in [0.4, 0.5) is 11.6 Å². The van der Waals surface area contributed by atoms with Crippen molar-refractivity contribution in [2.45, 2.75) is 44.9 Å². The molecule has 16 heteroatoms. The first kappa shape index (κ1) is 35.7. The van der Waals surface area contributed by atoms with Crippen LogP contribution >= 0.6 is 23.2 Å². The van der Waals surface area contributed by atoms with Gasteiger partial charge in [0.25, 0.3) is 5.91 Å². The van der Waals surface area contributed by atoms with Crippen molar-refractivity contribution in [3.8, 4) is 28.4 Å². The molecule has 7 heterocycles. The van der Waals surface area contributed by atoms with E-state index in [1.165, 1.54) is 0 Å². The number of benzene rings is 1. The quantitative estimate of drug-likeness (QED) is 0.142. The van der Waals surface area contributed by atoms with E-state index in [-0.39, 0.29) is 17.9 Å². The summed E-state index contributed by atoms with van der Waals surface area (Å²) in [6.07, 6.45) is 9.89. The molecule has 5 aromatic rings. The Morgan fingerprint density at radius 1 is 1.07 bits per heavy atom. The molecule has 1 fully saturated rings. The van der Waals surface area contributed by atoms with Gasteiger partial charge in [-0.05, 0) is 30.7 Å². The zero-order valence-electron chi connectivity index (χ0n) is 29.8. The predicted octanol–water partition coefficient (Wildman–Crippen LogP) is 5.13. The maximum atomic E-state index is 13.7. The van der Waals surface area contributed by atoms with Crippen LogP contribution in [0.1, 0.15) is 46.1 Å². The molecule has 0 radical (unpaired) electrons. The smallest absolute Gasteiger partial charge is 0.291 e. The molecule has 3 aliphatic heterocycles. The standard InChI is InChI=1S/C38H39Cl2N11O3/c1-49-30-12-16-50(19-24-20-51-15-4-13-43-38(51)45-24)21-29(30)46-35(49)36(53)47-28-6-3-5-26(32(28)39)34-33(40)25(11-14-42-34)27-9-7-22(37(48-27)54-2)17-41-18-23-8-10-31(52)44-23/h3-7,9,11,14-15,20,23,41H,8,10,12-13,16-19,21H2,1-2H3,(H,43,45)(H,44,52)(H,47,53)/t23-/m0/s1. The number of ether oxygens (including phenoxy) is 1. The van der Waals surface area contributed by atoms with Crippen LogP contribution in [0.15, 0.2) is 54.9 Å². The summed E-state index contributed by atoms with van der Waals surface area (Å²) < 4.78 is 9.49. The second kappa shape index (κ2) is 15.2. The number of hydrogen-bond donors (Lipinski definition) is 4. The number of hydrogen-bond acceptors (Lipinski definition) is 10. The number of rotatable bonds is 11. The van der Waals surface area contributed by atoms with Gasteiger partial charge in [0, 0.05) is 106 Å². The van der Waals surface area contributed by atoms with Crippen molar-refractivity contribution in [1.29, 1.82) is 0 Å². The highest BCUT2D eigenvalue weighted by molar-refractivity contribution is 6.39. The average Bonchev–Trinajstić information content (AvgIpc) is 3.88. The van der Waals surface area contributed by atoms with Gasteiger partial charge in [-0.3, -0.25) is 24.0 Å². The van der Waals surface area contributed by atoms with Gasteiger partial charge in [0.15, 0.2) is 5.82 Å². The highest BCUT2D eigenvalue weighted by Gasteiger charge is 2.27. The highest BCUT2D eigenvalue weighted by atomic mass is 35.5. The van der Waals surface area contributed by atoms with Crippen molar-refractivity contribution >= 4 is 52.9 Å². The van der Waals surface area contributed by atoms with Gasteiger partial charge in [-0.1, -0.05) is 41.4 Å². The normalized spacial score (nSPS) is 16.4. The molecule has 8 rings (SSSR count). The molecule has 0 aliphatic carbocycles. The molecule has 278 valence electrons. The molecule has 14 nitrogen and oxygen atoms in total. The molecular weight excluding hydrogens is 729 g/mol. The van der Waals surface area contributed by atoms with Crippen molar-refractivity contribution in [1.82, 2.24) is 44.6 Å². The number of fused-ring (bicyclic) bond motifs is 2. The molecule has 0 unspecified atom stereocenters. The third-order valence-corrected chi connectivity index (χ3v) is 10.7. The molecule has 0 bridgehead atoms. The Hall–Kier alpha value is -5.28. The number of aromatic nitrogens is 6. The second-order valence-electron chi connectivity index (χ2n) is 13.5. The van der Waals surface area contributed by atoms with Crippen LogP contribution in [0, 0.1) is 0 Å². The number of nitrogens with one attached hydrogen (secondary N) is 4. The van der Waals surface area contributed by atoms with Crippen LogP contribution in [-0.2, 0) is 37.9 Å². The van der Waals surface area contributed by atoms with Crippen molar-refractivity contribution in [2.24, 2.45) is 7.05 Å². The Labute approximate surface area is 322 Å². The second-order valence-corrected chi connectivity index (χ2v) is 14.3. The topological polar surface area (TPSA) is 156 Å². The van der Waals surface area contributed by atoms with Crippen LogP contribution in [0.2, 0.25) is 10.0 Å². The number of carbonyl (C=O) groups excluding carboxylic acids is 2. The van der Waals surface area contributed by atoms with Crippen LogP contribution < -0.4 is 26.0 Å². The van der Waals surface area contributed by atoms with Crippen molar-refractivity contribution < 1.29 is 14.3 Å². The molecule has 0 saturated carbocycles. The average molecular weight is 769 g/mol. The van der Waals surface area contributed by atoms with E-state index in [0.29, 0.717) is 82.6 Å². The molecule has 1 aromatic carbocycles. The summed E-state index contributed by atoms with van der Waals surface area (Å²) in [7, 11) is 3.44. The molecule has 1 atom stereocenters. The van der Waals surface area contributed by atoms with Crippen LogP contribution in [0.25, 0.3) is 28.7 Å². The maximum Gasteiger partial charge on any atom is 0.291 e. The van der Waals surface area contributed by atoms with Gasteiger partial charge >= 0.3 is 0 Å². The first-order chi connectivity index (χ1) is 26.2. The number of pyridine rings is 2. The minimum Gasteiger partial charge on any atom is -0.481 e. The van der Waals surface area contributed by atoms with Gasteiger partial charge in [-0.15, -0.1) is 0 Å². The fourth-order valence-electron chi connectivity index (χ4n) is 7.19. The van der Waals surface area contributed by atoms with E-state index in [0.717, 1.165) is 54.5 Å². The summed E-state index contributed by atoms with van der Waals surface area (Å²) in [6.45, 7) is 4.07. The zero-order chi connectivity index (χ0) is 37.3. The molecular formula is C38H39Cl2N11O3. The van der Waals surface area contributed by atoms with Crippen molar-refractivity contribution in [3.05, 3.63) is 93.4 Å². The summed E-state index contributed by atoms with van der Waals surface area (Å²) in [5.41, 5.74) is 6.40. The maximum absolute atomic E-state index is 13.7. The number of carbonyl (C=O) groups is 2. The van der Waals surface area contributed by atoms with Crippen LogP contribution in [0.5, 0.6) is 5.88 Å². The predicted molar refractivity (Wildman–Crippen MR) is 207 cm³/mol. The van der Waals surface area contributed by atoms with E-state index >= 15 is 0 Å². The monoisotopic (exact) mass is 767 g/mol. The molecule has 4 aromatic heterocycles. The van der Waals surface area contributed by atoms with Gasteiger partial charge in [0.2, 0.25) is 17.7 Å². The van der Waals surface area contributed by atoms with Crippen LogP contribution in [0.3, 0.4) is 0 Å². The van der Waals surface area contributed by atoms with Gasteiger partial charge in [0.1, 0.15) is 0 Å². The minimum absolute atomic E-state index is 0.0866. The van der Waals surface area contributed by atoms with E-state index in [2.05, 4.69) is 37.2 Å². The third kappa shape index (κ3) is 7.17. The first-order valence-corrected chi connectivity index (χ1v) is 18.6. The molecule has 2 amide bonds. The van der Waals surface area contributed by atoms with E-state index in [1.807, 2.05) is 46.8 Å². The van der Waals surface area contributed by atoms with E-state index in [9.17, 15) is 9.59 Å². The summed E-state index contributed by atoms with van der Waals surface area (Å²) in [6, 6.07) is 11.1. The summed E-state index contributed by atoms with van der Waals surface area (Å²) >= 11 is 14.0. The molecule has 0 spiro atoms. The van der Waals surface area contributed by atoms with E-state index in [4.69, 9.17) is 42.9 Å². The van der Waals surface area contributed by atoms with Gasteiger partial charge < -0.3 is 30.6 Å². The van der Waals surface area contributed by atoms with E-state index < -0.39 is 0 Å². The minimum atomic E-state index is -0.371. The van der Waals surface area contributed by atoms with Gasteiger partial charge in [-0.25, -0.2) is 15.0 Å². The number of methoxy groups -OCH3 is 1. The molecule has 1 saturated heterocycles. The molecule has 3 aliphatic rings. The highest BCUT2D eigenvalue weighted by Crippen LogP contribution is 2.40. The van der Waals surface area contributed by atoms with Crippen LogP contribution in [-0.4, -0.2) is 78.6 Å². The Balaban J connectivity index is 0.967. The third-order valence-electron chi connectivity index (χ3n) is 9.94. The lowest BCUT2D eigenvalue weighted by Gasteiger charge is -2.25. The van der Waals surface area contributed by atoms with E-state index in [1.54, 1.807) is 31.5 Å². The van der Waals surface area contributed by atoms with Gasteiger partial charge in [0.05, 0.1) is 45.6 Å². The van der Waals surface area contributed by atoms with Crippen molar-refractivity contribution in [2.75, 3.05) is 37.4 Å². The zero-order valence-corrected chi connectivity index (χ0v) is 31.3. The molecule has 54 heavy (non-hydrogen) atoms. The fraction of sp³-hybridized carbons (Fsp3) is 0.316. The Morgan fingerprint density at radius 2 is 1.96 bits per heavy atom.